The number of aromatic nitrogens is 1. The molecule has 2 aliphatic carbocycles. The average molecular weight is 425 g/mol. The topological polar surface area (TPSA) is 80.4 Å². The fraction of sp³-hybridized carbons (Fsp3) is 0.370. The van der Waals surface area contributed by atoms with E-state index in [0.717, 1.165) is 83.9 Å². The van der Waals surface area contributed by atoms with Crippen LogP contribution in [-0.2, 0) is 6.42 Å². The zero-order valence-electron chi connectivity index (χ0n) is 18.2. The third-order valence-corrected chi connectivity index (χ3v) is 7.16. The van der Waals surface area contributed by atoms with E-state index >= 15 is 0 Å². The Labute approximate surface area is 188 Å². The number of anilines is 1. The summed E-state index contributed by atoms with van der Waals surface area (Å²) in [4.78, 5) is 22.3. The normalized spacial score (nSPS) is 22.2. The Balaban J connectivity index is 1.44. The smallest absolute Gasteiger partial charge is 0.169 e. The van der Waals surface area contributed by atoms with Crippen LogP contribution < -0.4 is 11.1 Å². The maximum atomic E-state index is 13.1. The van der Waals surface area contributed by atoms with Crippen LogP contribution in [-0.4, -0.2) is 29.1 Å². The summed E-state index contributed by atoms with van der Waals surface area (Å²) in [5.74, 6) is 0.388. The van der Waals surface area contributed by atoms with Crippen LogP contribution in [0.1, 0.15) is 54.4 Å². The van der Waals surface area contributed by atoms with Gasteiger partial charge in [-0.3, -0.25) is 14.8 Å². The van der Waals surface area contributed by atoms with Gasteiger partial charge in [0, 0.05) is 42.2 Å². The minimum Gasteiger partial charge on any atom is -0.381 e. The maximum Gasteiger partial charge on any atom is 0.169 e. The number of ketones is 1. The Bertz CT molecular complexity index is 1240. The van der Waals surface area contributed by atoms with Crippen molar-refractivity contribution in [2.45, 2.75) is 57.0 Å². The van der Waals surface area contributed by atoms with Gasteiger partial charge >= 0.3 is 0 Å². The van der Waals surface area contributed by atoms with Crippen LogP contribution in [0.25, 0.3) is 22.0 Å². The maximum absolute atomic E-state index is 13.1. The molecule has 2 heterocycles. The number of nitrogens with zero attached hydrogens (tertiary/aromatic N) is 2. The fourth-order valence-corrected chi connectivity index (χ4v) is 5.03. The van der Waals surface area contributed by atoms with Gasteiger partial charge in [0.05, 0.1) is 22.5 Å². The third kappa shape index (κ3) is 3.61. The van der Waals surface area contributed by atoms with Gasteiger partial charge in [0.2, 0.25) is 0 Å². The molecule has 0 amide bonds. The molecule has 2 aromatic carbocycles. The van der Waals surface area contributed by atoms with Crippen LogP contribution in [0.3, 0.4) is 0 Å². The molecule has 0 atom stereocenters. The number of Topliss-reactive ketones (excluding diaryl/α,β-unsaturated/α-hetero) is 1. The number of fused-ring (bicyclic) bond motifs is 2. The fourth-order valence-electron chi connectivity index (χ4n) is 5.03. The van der Waals surface area contributed by atoms with Crippen molar-refractivity contribution in [3.63, 3.8) is 0 Å². The van der Waals surface area contributed by atoms with Crippen molar-refractivity contribution in [2.75, 3.05) is 5.32 Å². The zero-order valence-corrected chi connectivity index (χ0v) is 18.2. The molecule has 0 bridgehead atoms. The number of rotatable bonds is 5. The minimum absolute atomic E-state index is 0.160. The predicted molar refractivity (Wildman–Crippen MR) is 130 cm³/mol. The summed E-state index contributed by atoms with van der Waals surface area (Å²) in [6.45, 7) is 0. The number of aliphatic imine (C=N–C) groups is 1. The van der Waals surface area contributed by atoms with Gasteiger partial charge in [-0.1, -0.05) is 18.2 Å². The van der Waals surface area contributed by atoms with E-state index in [1.165, 1.54) is 5.56 Å². The molecule has 5 nitrogen and oxygen atoms in total. The molecule has 3 aliphatic rings. The standard InChI is InChI=1S/C27H28N4O/c28-20-6-8-21(9-7-20)31-26-22-13-18(19-4-1-16-11-12-29-25(16)14-19)5-10-24(22)30-15-23(26)27(32)17-2-3-17/h1,4-5,10,12-15,17,20-21H,2-3,6-9,11,28H2,(H,30,31). The van der Waals surface area contributed by atoms with E-state index < -0.39 is 0 Å². The first-order chi connectivity index (χ1) is 15.7. The largest absolute Gasteiger partial charge is 0.381 e. The van der Waals surface area contributed by atoms with E-state index in [1.807, 2.05) is 6.21 Å². The number of hydrogen-bond donors (Lipinski definition) is 2. The van der Waals surface area contributed by atoms with Crippen molar-refractivity contribution in [3.8, 4) is 11.1 Å². The van der Waals surface area contributed by atoms with Gasteiger partial charge in [0.1, 0.15) is 0 Å². The van der Waals surface area contributed by atoms with Gasteiger partial charge in [-0.15, -0.1) is 0 Å². The molecule has 2 fully saturated rings. The molecule has 3 N–H and O–H groups in total. The molecule has 1 aromatic heterocycles. The summed E-state index contributed by atoms with van der Waals surface area (Å²) < 4.78 is 0. The molecule has 1 aliphatic heterocycles. The highest BCUT2D eigenvalue weighted by Crippen LogP contribution is 2.39. The van der Waals surface area contributed by atoms with E-state index in [1.54, 1.807) is 6.20 Å². The van der Waals surface area contributed by atoms with Crippen molar-refractivity contribution in [3.05, 3.63) is 53.7 Å². The minimum atomic E-state index is 0.160. The lowest BCUT2D eigenvalue weighted by molar-refractivity contribution is 0.0968. The summed E-state index contributed by atoms with van der Waals surface area (Å²) in [5, 5.41) is 4.78. The number of nitrogens with one attached hydrogen (secondary N) is 1. The lowest BCUT2D eigenvalue weighted by Gasteiger charge is -2.29. The average Bonchev–Trinajstić information content (AvgIpc) is 3.57. The summed E-state index contributed by atoms with van der Waals surface area (Å²) in [6, 6.07) is 13.5. The molecule has 162 valence electrons. The predicted octanol–water partition coefficient (Wildman–Crippen LogP) is 5.43. The van der Waals surface area contributed by atoms with Crippen molar-refractivity contribution in [2.24, 2.45) is 16.6 Å². The SMILES string of the molecule is NC1CCC(Nc2c(C(=O)C3CC3)cnc3ccc(-c4ccc5c(c4)N=CC5)cc23)CC1. The van der Waals surface area contributed by atoms with E-state index in [9.17, 15) is 4.79 Å². The van der Waals surface area contributed by atoms with E-state index in [2.05, 4.69) is 51.7 Å². The highest BCUT2D eigenvalue weighted by atomic mass is 16.1. The van der Waals surface area contributed by atoms with Crippen LogP contribution in [0.5, 0.6) is 0 Å². The Morgan fingerprint density at radius 2 is 1.75 bits per heavy atom. The van der Waals surface area contributed by atoms with Crippen molar-refractivity contribution >= 4 is 34.3 Å². The molecule has 2 saturated carbocycles. The Morgan fingerprint density at radius 3 is 2.56 bits per heavy atom. The molecule has 6 rings (SSSR count). The van der Waals surface area contributed by atoms with Crippen LogP contribution in [0.15, 0.2) is 47.6 Å². The molecule has 32 heavy (non-hydrogen) atoms. The molecule has 0 spiro atoms. The van der Waals surface area contributed by atoms with Crippen molar-refractivity contribution in [1.29, 1.82) is 0 Å². The monoisotopic (exact) mass is 424 g/mol. The lowest BCUT2D eigenvalue weighted by atomic mass is 9.91. The van der Waals surface area contributed by atoms with Crippen LogP contribution in [0, 0.1) is 5.92 Å². The molecule has 0 saturated heterocycles. The number of hydrogen-bond acceptors (Lipinski definition) is 5. The first-order valence-corrected chi connectivity index (χ1v) is 11.8. The van der Waals surface area contributed by atoms with Gasteiger partial charge in [-0.25, -0.2) is 0 Å². The van der Waals surface area contributed by atoms with E-state index in [-0.39, 0.29) is 11.7 Å². The first-order valence-electron chi connectivity index (χ1n) is 11.8. The number of pyridine rings is 1. The van der Waals surface area contributed by atoms with E-state index in [0.29, 0.717) is 12.1 Å². The van der Waals surface area contributed by atoms with Crippen LogP contribution >= 0.6 is 0 Å². The number of carbonyl (C=O) groups is 1. The second-order valence-electron chi connectivity index (χ2n) is 9.53. The quantitative estimate of drug-likeness (QED) is 0.535. The molecular weight excluding hydrogens is 396 g/mol. The van der Waals surface area contributed by atoms with Crippen LogP contribution in [0.2, 0.25) is 0 Å². The van der Waals surface area contributed by atoms with Crippen LogP contribution in [0.4, 0.5) is 11.4 Å². The van der Waals surface area contributed by atoms with Gasteiger partial charge in [0.15, 0.2) is 5.78 Å². The Kier molecular flexibility index (Phi) is 4.80. The summed E-state index contributed by atoms with van der Waals surface area (Å²) >= 11 is 0. The first kappa shape index (κ1) is 19.6. The molecule has 3 aromatic rings. The third-order valence-electron chi connectivity index (χ3n) is 7.16. The number of nitrogens with two attached hydrogens (primary N) is 1. The Hall–Kier alpha value is -3.05. The van der Waals surface area contributed by atoms with Gasteiger partial charge in [-0.05, 0) is 73.4 Å². The molecular formula is C27H28N4O. The summed E-state index contributed by atoms with van der Waals surface area (Å²) in [7, 11) is 0. The Morgan fingerprint density at radius 1 is 0.969 bits per heavy atom. The molecule has 5 heteroatoms. The molecule has 0 radical (unpaired) electrons. The number of benzene rings is 2. The van der Waals surface area contributed by atoms with Crippen molar-refractivity contribution in [1.82, 2.24) is 4.98 Å². The summed E-state index contributed by atoms with van der Waals surface area (Å²) in [6.07, 6.45) is 10.7. The number of carbonyl (C=O) groups excluding carboxylic acids is 1. The van der Waals surface area contributed by atoms with Gasteiger partial charge in [-0.2, -0.15) is 0 Å². The summed E-state index contributed by atoms with van der Waals surface area (Å²) in [5.41, 5.74) is 13.3. The van der Waals surface area contributed by atoms with E-state index in [4.69, 9.17) is 5.73 Å². The molecule has 0 unspecified atom stereocenters. The zero-order chi connectivity index (χ0) is 21.7. The highest BCUT2D eigenvalue weighted by Gasteiger charge is 2.33. The second kappa shape index (κ2) is 7.82. The highest BCUT2D eigenvalue weighted by molar-refractivity contribution is 6.10. The van der Waals surface area contributed by atoms with Gasteiger partial charge in [0.25, 0.3) is 0 Å². The van der Waals surface area contributed by atoms with Crippen molar-refractivity contribution < 1.29 is 4.79 Å². The lowest BCUT2D eigenvalue weighted by Crippen LogP contribution is -2.33. The second-order valence-corrected chi connectivity index (χ2v) is 9.53. The van der Waals surface area contributed by atoms with Gasteiger partial charge < -0.3 is 11.1 Å².